The minimum Gasteiger partial charge on any atom is -0.378 e. The van der Waals surface area contributed by atoms with Crippen LogP contribution in [-0.2, 0) is 16.0 Å². The summed E-state index contributed by atoms with van der Waals surface area (Å²) in [6.45, 7) is 8.20. The lowest BCUT2D eigenvalue weighted by Gasteiger charge is -2.32. The molecule has 1 aromatic rings. The van der Waals surface area contributed by atoms with Gasteiger partial charge in [-0.2, -0.15) is 0 Å². The molecule has 1 aromatic heterocycles. The van der Waals surface area contributed by atoms with Crippen molar-refractivity contribution in [3.63, 3.8) is 0 Å². The van der Waals surface area contributed by atoms with E-state index < -0.39 is 0 Å². The Balaban J connectivity index is 0.00000208. The molecule has 1 unspecified atom stereocenters. The Labute approximate surface area is 160 Å². The lowest BCUT2D eigenvalue weighted by molar-refractivity contribution is 0.0529. The number of rotatable bonds is 3. The Morgan fingerprint density at radius 2 is 2.08 bits per heavy atom. The van der Waals surface area contributed by atoms with Gasteiger partial charge in [-0.05, 0) is 18.6 Å². The molecule has 2 N–H and O–H groups in total. The number of nitrogens with two attached hydrogens (primary N) is 1. The van der Waals surface area contributed by atoms with Gasteiger partial charge in [0.25, 0.3) is 0 Å². The van der Waals surface area contributed by atoms with Crippen LogP contribution in [0.1, 0.15) is 12.5 Å². The second-order valence-corrected chi connectivity index (χ2v) is 5.93. The number of aliphatic imine (C=N–C) groups is 1. The highest BCUT2D eigenvalue weighted by Crippen LogP contribution is 2.15. The average Bonchev–Trinajstić information content (AvgIpc) is 2.61. The molecular weight excluding hydrogens is 421 g/mol. The number of halogens is 1. The number of aromatic nitrogens is 1. The van der Waals surface area contributed by atoms with Gasteiger partial charge in [-0.3, -0.25) is 0 Å². The normalized spacial score (nSPS) is 22.2. The summed E-state index contributed by atoms with van der Waals surface area (Å²) in [6.07, 6.45) is 2.13. The van der Waals surface area contributed by atoms with Crippen molar-refractivity contribution in [3.8, 4) is 0 Å². The molecule has 2 aliphatic heterocycles. The molecule has 0 radical (unpaired) electrons. The first-order valence-electron chi connectivity index (χ1n) is 8.16. The third kappa shape index (κ3) is 5.18. The third-order valence-electron chi connectivity index (χ3n) is 4.13. The molecule has 0 bridgehead atoms. The van der Waals surface area contributed by atoms with Crippen LogP contribution in [0.4, 0.5) is 5.82 Å². The number of guanidine groups is 1. The molecule has 3 heterocycles. The molecule has 1 atom stereocenters. The zero-order valence-electron chi connectivity index (χ0n) is 14.1. The second kappa shape index (κ2) is 9.38. The number of ether oxygens (including phenoxy) is 2. The van der Waals surface area contributed by atoms with Crippen LogP contribution in [0.25, 0.3) is 0 Å². The summed E-state index contributed by atoms with van der Waals surface area (Å²) in [6, 6.07) is 4.12. The maximum atomic E-state index is 6.04. The van der Waals surface area contributed by atoms with Crippen LogP contribution in [0.3, 0.4) is 0 Å². The summed E-state index contributed by atoms with van der Waals surface area (Å²) in [4.78, 5) is 13.3. The first kappa shape index (κ1) is 19.2. The molecule has 2 fully saturated rings. The summed E-state index contributed by atoms with van der Waals surface area (Å²) < 4.78 is 10.9. The first-order chi connectivity index (χ1) is 11.2. The summed E-state index contributed by atoms with van der Waals surface area (Å²) in [7, 11) is 0. The number of morpholine rings is 2. The largest absolute Gasteiger partial charge is 0.378 e. The van der Waals surface area contributed by atoms with Crippen molar-refractivity contribution in [2.75, 3.05) is 50.9 Å². The van der Waals surface area contributed by atoms with Crippen LogP contribution in [0, 0.1) is 0 Å². The molecule has 0 aromatic carbocycles. The number of anilines is 1. The van der Waals surface area contributed by atoms with E-state index in [9.17, 15) is 0 Å². The van der Waals surface area contributed by atoms with E-state index in [1.54, 1.807) is 0 Å². The monoisotopic (exact) mass is 447 g/mol. The maximum Gasteiger partial charge on any atom is 0.191 e. The molecule has 3 rings (SSSR count). The lowest BCUT2D eigenvalue weighted by atomic mass is 10.2. The van der Waals surface area contributed by atoms with Gasteiger partial charge in [-0.15, -0.1) is 24.0 Å². The molecule has 0 aliphatic carbocycles. The van der Waals surface area contributed by atoms with E-state index in [0.29, 0.717) is 25.7 Å². The standard InChI is InChI=1S/C16H25N5O2.HI/c1-13-12-21(6-9-23-13)15-3-2-14(10-18-15)11-19-16(17)20-4-7-22-8-5-20;/h2-3,10,13H,4-9,11-12H2,1H3,(H2,17,19);1H. The lowest BCUT2D eigenvalue weighted by Crippen LogP contribution is -2.44. The van der Waals surface area contributed by atoms with E-state index in [1.807, 2.05) is 12.3 Å². The fourth-order valence-electron chi connectivity index (χ4n) is 2.79. The zero-order chi connectivity index (χ0) is 16.1. The topological polar surface area (TPSA) is 76.2 Å². The van der Waals surface area contributed by atoms with E-state index in [0.717, 1.165) is 44.2 Å². The first-order valence-corrected chi connectivity index (χ1v) is 8.16. The Bertz CT molecular complexity index is 534. The van der Waals surface area contributed by atoms with Gasteiger partial charge >= 0.3 is 0 Å². The van der Waals surface area contributed by atoms with Crippen molar-refractivity contribution in [2.45, 2.75) is 19.6 Å². The van der Waals surface area contributed by atoms with Gasteiger partial charge in [-0.25, -0.2) is 9.98 Å². The van der Waals surface area contributed by atoms with Crippen molar-refractivity contribution in [3.05, 3.63) is 23.9 Å². The van der Waals surface area contributed by atoms with Crippen molar-refractivity contribution < 1.29 is 9.47 Å². The molecule has 0 saturated carbocycles. The number of pyridine rings is 1. The van der Waals surface area contributed by atoms with Gasteiger partial charge in [-0.1, -0.05) is 6.07 Å². The molecule has 7 nitrogen and oxygen atoms in total. The van der Waals surface area contributed by atoms with E-state index in [1.165, 1.54) is 0 Å². The predicted octanol–water partition coefficient (Wildman–Crippen LogP) is 1.07. The van der Waals surface area contributed by atoms with E-state index in [4.69, 9.17) is 15.2 Å². The Hall–Kier alpha value is -1.13. The van der Waals surface area contributed by atoms with Gasteiger partial charge < -0.3 is 25.0 Å². The van der Waals surface area contributed by atoms with E-state index >= 15 is 0 Å². The minimum atomic E-state index is 0. The minimum absolute atomic E-state index is 0. The summed E-state index contributed by atoms with van der Waals surface area (Å²) >= 11 is 0. The van der Waals surface area contributed by atoms with Crippen molar-refractivity contribution in [2.24, 2.45) is 10.7 Å². The van der Waals surface area contributed by atoms with Gasteiger partial charge in [0.05, 0.1) is 32.5 Å². The Morgan fingerprint density at radius 1 is 1.29 bits per heavy atom. The fraction of sp³-hybridized carbons (Fsp3) is 0.625. The number of nitrogens with zero attached hydrogens (tertiary/aromatic N) is 4. The van der Waals surface area contributed by atoms with Crippen molar-refractivity contribution in [1.29, 1.82) is 0 Å². The summed E-state index contributed by atoms with van der Waals surface area (Å²) in [5.41, 5.74) is 7.10. The van der Waals surface area contributed by atoms with Gasteiger partial charge in [0.2, 0.25) is 0 Å². The molecule has 8 heteroatoms. The zero-order valence-corrected chi connectivity index (χ0v) is 16.4. The van der Waals surface area contributed by atoms with Crippen LogP contribution in [0.2, 0.25) is 0 Å². The highest BCUT2D eigenvalue weighted by molar-refractivity contribution is 14.0. The summed E-state index contributed by atoms with van der Waals surface area (Å²) in [5.74, 6) is 1.58. The van der Waals surface area contributed by atoms with Crippen LogP contribution in [-0.4, -0.2) is 67.9 Å². The molecule has 2 aliphatic rings. The van der Waals surface area contributed by atoms with Gasteiger partial charge in [0.1, 0.15) is 5.82 Å². The second-order valence-electron chi connectivity index (χ2n) is 5.93. The fourth-order valence-corrected chi connectivity index (χ4v) is 2.79. The third-order valence-corrected chi connectivity index (χ3v) is 4.13. The van der Waals surface area contributed by atoms with Crippen molar-refractivity contribution in [1.82, 2.24) is 9.88 Å². The molecular formula is C16H26IN5O2. The Kier molecular flexibility index (Phi) is 7.50. The van der Waals surface area contributed by atoms with Crippen LogP contribution in [0.15, 0.2) is 23.3 Å². The van der Waals surface area contributed by atoms with Gasteiger partial charge in [0, 0.05) is 32.4 Å². The van der Waals surface area contributed by atoms with Crippen LogP contribution >= 0.6 is 24.0 Å². The van der Waals surface area contributed by atoms with E-state index in [2.05, 4.69) is 32.8 Å². The predicted molar refractivity (Wildman–Crippen MR) is 105 cm³/mol. The van der Waals surface area contributed by atoms with E-state index in [-0.39, 0.29) is 30.1 Å². The number of hydrogen-bond donors (Lipinski definition) is 1. The quantitative estimate of drug-likeness (QED) is 0.425. The smallest absolute Gasteiger partial charge is 0.191 e. The SMILES string of the molecule is CC1CN(c2ccc(CN=C(N)N3CCOCC3)cn2)CCO1.I. The molecule has 134 valence electrons. The number of hydrogen-bond acceptors (Lipinski definition) is 5. The molecule has 2 saturated heterocycles. The molecule has 0 amide bonds. The molecule has 0 spiro atoms. The maximum absolute atomic E-state index is 6.04. The van der Waals surface area contributed by atoms with Crippen molar-refractivity contribution >= 4 is 35.8 Å². The highest BCUT2D eigenvalue weighted by Gasteiger charge is 2.17. The van der Waals surface area contributed by atoms with Gasteiger partial charge in [0.15, 0.2) is 5.96 Å². The average molecular weight is 447 g/mol. The van der Waals surface area contributed by atoms with Crippen LogP contribution in [0.5, 0.6) is 0 Å². The summed E-state index contributed by atoms with van der Waals surface area (Å²) in [5, 5.41) is 0. The molecule has 24 heavy (non-hydrogen) atoms. The Morgan fingerprint density at radius 3 is 2.75 bits per heavy atom. The highest BCUT2D eigenvalue weighted by atomic mass is 127. The van der Waals surface area contributed by atoms with Crippen LogP contribution < -0.4 is 10.6 Å².